The van der Waals surface area contributed by atoms with Crippen LogP contribution in [0.5, 0.6) is 5.75 Å². The summed E-state index contributed by atoms with van der Waals surface area (Å²) < 4.78 is 6.54. The average Bonchev–Trinajstić information content (AvgIpc) is 2.58. The highest BCUT2D eigenvalue weighted by Gasteiger charge is 2.10. The normalized spacial score (nSPS) is 10.5. The van der Waals surface area contributed by atoms with Crippen LogP contribution in [0.1, 0.15) is 43.0 Å². The zero-order valence-electron chi connectivity index (χ0n) is 13.6. The molecule has 2 rings (SSSR count). The number of anilines is 1. The molecule has 0 atom stereocenters. The van der Waals surface area contributed by atoms with Crippen LogP contribution in [0.25, 0.3) is 0 Å². The van der Waals surface area contributed by atoms with E-state index in [0.29, 0.717) is 22.9 Å². The Bertz CT molecular complexity index is 674. The molecule has 1 N–H and O–H groups in total. The second-order valence-corrected chi connectivity index (χ2v) is 6.81. The molecule has 0 saturated heterocycles. The third kappa shape index (κ3) is 5.84. The Morgan fingerprint density at radius 3 is 2.54 bits per heavy atom. The van der Waals surface area contributed by atoms with E-state index in [0.717, 1.165) is 16.6 Å². The molecular formula is C19H21BrClNO2. The molecule has 24 heavy (non-hydrogen) atoms. The minimum Gasteiger partial charge on any atom is -0.492 e. The number of amides is 1. The van der Waals surface area contributed by atoms with Gasteiger partial charge in [-0.25, -0.2) is 0 Å². The summed E-state index contributed by atoms with van der Waals surface area (Å²) >= 11 is 9.31. The Morgan fingerprint density at radius 1 is 1.12 bits per heavy atom. The summed E-state index contributed by atoms with van der Waals surface area (Å²) in [6.07, 6.45) is 4.66. The molecule has 0 fully saturated rings. The quantitative estimate of drug-likeness (QED) is 0.517. The van der Waals surface area contributed by atoms with Crippen molar-refractivity contribution in [1.29, 1.82) is 0 Å². The molecule has 0 spiro atoms. The van der Waals surface area contributed by atoms with Gasteiger partial charge in [0.25, 0.3) is 5.91 Å². The monoisotopic (exact) mass is 409 g/mol. The predicted molar refractivity (Wildman–Crippen MR) is 103 cm³/mol. The van der Waals surface area contributed by atoms with E-state index in [2.05, 4.69) is 28.2 Å². The molecule has 128 valence electrons. The molecular weight excluding hydrogens is 390 g/mol. The van der Waals surface area contributed by atoms with Gasteiger partial charge in [-0.1, -0.05) is 37.8 Å². The first-order valence-electron chi connectivity index (χ1n) is 8.09. The fourth-order valence-corrected chi connectivity index (χ4v) is 2.83. The minimum atomic E-state index is -0.174. The lowest BCUT2D eigenvalue weighted by molar-refractivity contribution is 0.102. The van der Waals surface area contributed by atoms with Gasteiger partial charge in [0.15, 0.2) is 0 Å². The molecule has 2 aromatic carbocycles. The molecule has 3 nitrogen and oxygen atoms in total. The Kier molecular flexibility index (Phi) is 7.60. The molecule has 0 aromatic heterocycles. The van der Waals surface area contributed by atoms with Gasteiger partial charge in [-0.2, -0.15) is 0 Å². The number of hydrogen-bond acceptors (Lipinski definition) is 2. The third-order valence-electron chi connectivity index (χ3n) is 3.55. The lowest BCUT2D eigenvalue weighted by Gasteiger charge is -2.10. The average molecular weight is 411 g/mol. The Labute approximate surface area is 156 Å². The van der Waals surface area contributed by atoms with Crippen LogP contribution in [-0.2, 0) is 0 Å². The maximum atomic E-state index is 12.3. The Morgan fingerprint density at radius 2 is 1.88 bits per heavy atom. The number of rotatable bonds is 8. The van der Waals surface area contributed by atoms with Crippen LogP contribution in [0, 0.1) is 0 Å². The van der Waals surface area contributed by atoms with Crippen LogP contribution in [0.15, 0.2) is 46.9 Å². The first kappa shape index (κ1) is 18.8. The highest BCUT2D eigenvalue weighted by atomic mass is 79.9. The zero-order valence-corrected chi connectivity index (χ0v) is 16.0. The second-order valence-electron chi connectivity index (χ2n) is 5.52. The molecule has 2 aromatic rings. The van der Waals surface area contributed by atoms with E-state index < -0.39 is 0 Å². The van der Waals surface area contributed by atoms with Crippen molar-refractivity contribution in [2.45, 2.75) is 32.6 Å². The van der Waals surface area contributed by atoms with E-state index in [1.54, 1.807) is 36.4 Å². The van der Waals surface area contributed by atoms with Gasteiger partial charge in [-0.3, -0.25) is 4.79 Å². The van der Waals surface area contributed by atoms with Crippen molar-refractivity contribution < 1.29 is 9.53 Å². The van der Waals surface area contributed by atoms with Gasteiger partial charge in [-0.15, -0.1) is 0 Å². The van der Waals surface area contributed by atoms with E-state index >= 15 is 0 Å². The molecule has 5 heteroatoms. The number of benzene rings is 2. The van der Waals surface area contributed by atoms with Crippen molar-refractivity contribution in [3.05, 3.63) is 57.5 Å². The minimum absolute atomic E-state index is 0.174. The molecule has 0 heterocycles. The summed E-state index contributed by atoms with van der Waals surface area (Å²) in [6, 6.07) is 12.4. The van der Waals surface area contributed by atoms with Crippen LogP contribution in [0.2, 0.25) is 5.02 Å². The van der Waals surface area contributed by atoms with E-state index in [-0.39, 0.29) is 5.91 Å². The summed E-state index contributed by atoms with van der Waals surface area (Å²) in [5.41, 5.74) is 1.27. The first-order valence-corrected chi connectivity index (χ1v) is 9.26. The van der Waals surface area contributed by atoms with Gasteiger partial charge in [0, 0.05) is 16.3 Å². The lowest BCUT2D eigenvalue weighted by atomic mass is 10.2. The summed E-state index contributed by atoms with van der Waals surface area (Å²) in [4.78, 5) is 12.3. The van der Waals surface area contributed by atoms with Crippen molar-refractivity contribution in [1.82, 2.24) is 0 Å². The molecule has 0 aliphatic rings. The molecule has 0 radical (unpaired) electrons. The van der Waals surface area contributed by atoms with Crippen LogP contribution in [0.3, 0.4) is 0 Å². The van der Waals surface area contributed by atoms with Crippen LogP contribution in [-0.4, -0.2) is 12.5 Å². The fraction of sp³-hybridized carbons (Fsp3) is 0.316. The lowest BCUT2D eigenvalue weighted by Crippen LogP contribution is -2.12. The molecule has 0 saturated carbocycles. The molecule has 0 aliphatic heterocycles. The Balaban J connectivity index is 1.92. The number of ether oxygens (including phenoxy) is 1. The van der Waals surface area contributed by atoms with E-state index in [1.807, 2.05) is 6.07 Å². The Hall–Kier alpha value is -1.52. The predicted octanol–water partition coefficient (Wildman–Crippen LogP) is 6.31. The molecule has 0 bridgehead atoms. The van der Waals surface area contributed by atoms with E-state index in [4.69, 9.17) is 16.3 Å². The topological polar surface area (TPSA) is 38.3 Å². The number of carbonyl (C=O) groups is 1. The van der Waals surface area contributed by atoms with E-state index in [9.17, 15) is 4.79 Å². The van der Waals surface area contributed by atoms with Crippen molar-refractivity contribution in [2.75, 3.05) is 11.9 Å². The molecule has 0 aliphatic carbocycles. The van der Waals surface area contributed by atoms with Gasteiger partial charge in [-0.05, 0) is 64.8 Å². The number of halogens is 2. The largest absolute Gasteiger partial charge is 0.492 e. The van der Waals surface area contributed by atoms with E-state index in [1.165, 1.54) is 19.3 Å². The summed E-state index contributed by atoms with van der Waals surface area (Å²) in [5, 5.41) is 3.47. The SMILES string of the molecule is CCCCCCOc1ccc(C(=O)Nc2ccc(Cl)cc2)cc1Br. The fourth-order valence-electron chi connectivity index (χ4n) is 2.21. The van der Waals surface area contributed by atoms with Crippen molar-refractivity contribution in [3.63, 3.8) is 0 Å². The highest BCUT2D eigenvalue weighted by molar-refractivity contribution is 9.10. The van der Waals surface area contributed by atoms with Gasteiger partial charge >= 0.3 is 0 Å². The smallest absolute Gasteiger partial charge is 0.255 e. The van der Waals surface area contributed by atoms with Gasteiger partial charge in [0.05, 0.1) is 11.1 Å². The summed E-state index contributed by atoms with van der Waals surface area (Å²) in [7, 11) is 0. The zero-order chi connectivity index (χ0) is 17.4. The number of hydrogen-bond donors (Lipinski definition) is 1. The standard InChI is InChI=1S/C19H21BrClNO2/c1-2-3-4-5-12-24-18-11-6-14(13-17(18)20)19(23)22-16-9-7-15(21)8-10-16/h6-11,13H,2-5,12H2,1H3,(H,22,23). The molecule has 0 unspecified atom stereocenters. The van der Waals surface area contributed by atoms with Crippen molar-refractivity contribution >= 4 is 39.1 Å². The maximum absolute atomic E-state index is 12.3. The van der Waals surface area contributed by atoms with Crippen LogP contribution < -0.4 is 10.1 Å². The first-order chi connectivity index (χ1) is 11.6. The number of nitrogens with one attached hydrogen (secondary N) is 1. The highest BCUT2D eigenvalue weighted by Crippen LogP contribution is 2.27. The van der Waals surface area contributed by atoms with Crippen LogP contribution in [0.4, 0.5) is 5.69 Å². The summed E-state index contributed by atoms with van der Waals surface area (Å²) in [5.74, 6) is 0.585. The number of unbranched alkanes of at least 4 members (excludes halogenated alkanes) is 3. The second kappa shape index (κ2) is 9.70. The van der Waals surface area contributed by atoms with Gasteiger partial charge in [0.2, 0.25) is 0 Å². The van der Waals surface area contributed by atoms with Crippen molar-refractivity contribution in [3.8, 4) is 5.75 Å². The molecule has 1 amide bonds. The summed E-state index contributed by atoms with van der Waals surface area (Å²) in [6.45, 7) is 2.88. The number of carbonyl (C=O) groups excluding carboxylic acids is 1. The third-order valence-corrected chi connectivity index (χ3v) is 4.42. The van der Waals surface area contributed by atoms with Crippen molar-refractivity contribution in [2.24, 2.45) is 0 Å². The van der Waals surface area contributed by atoms with Gasteiger partial charge < -0.3 is 10.1 Å². The van der Waals surface area contributed by atoms with Crippen LogP contribution >= 0.6 is 27.5 Å². The maximum Gasteiger partial charge on any atom is 0.255 e. The van der Waals surface area contributed by atoms with Gasteiger partial charge in [0.1, 0.15) is 5.75 Å².